The van der Waals surface area contributed by atoms with E-state index < -0.39 is 0 Å². The van der Waals surface area contributed by atoms with Crippen LogP contribution >= 0.6 is 0 Å². The second kappa shape index (κ2) is 32.0. The zero-order valence-corrected chi connectivity index (χ0v) is 34.7. The summed E-state index contributed by atoms with van der Waals surface area (Å²) in [5, 5.41) is 0. The molecule has 0 atom stereocenters. The normalized spacial score (nSPS) is 9.75. The highest BCUT2D eigenvalue weighted by Crippen LogP contribution is 2.13. The molecule has 0 unspecified atom stereocenters. The van der Waals surface area contributed by atoms with Crippen LogP contribution in [0.5, 0.6) is 0 Å². The van der Waals surface area contributed by atoms with Crippen LogP contribution in [0.3, 0.4) is 0 Å². The van der Waals surface area contributed by atoms with Gasteiger partial charge in [0.05, 0.1) is 0 Å². The van der Waals surface area contributed by atoms with Gasteiger partial charge in [-0.15, -0.1) is 0 Å². The maximum absolute atomic E-state index is 4.18. The average Bonchev–Trinajstić information content (AvgIpc) is 3.21. The van der Waals surface area contributed by atoms with Crippen molar-refractivity contribution in [2.24, 2.45) is 0 Å². The van der Waals surface area contributed by atoms with Crippen molar-refractivity contribution in [2.45, 2.75) is 133 Å². The van der Waals surface area contributed by atoms with E-state index in [0.29, 0.717) is 35.5 Å². The first-order valence-corrected chi connectivity index (χ1v) is 19.0. The van der Waals surface area contributed by atoms with E-state index in [1.807, 2.05) is 85.6 Å². The van der Waals surface area contributed by atoms with Gasteiger partial charge in [0.25, 0.3) is 0 Å². The molecule has 0 spiro atoms. The molecule has 56 heavy (non-hydrogen) atoms. The van der Waals surface area contributed by atoms with E-state index >= 15 is 0 Å². The van der Waals surface area contributed by atoms with E-state index in [1.165, 1.54) is 16.7 Å². The second-order valence-corrected chi connectivity index (χ2v) is 14.3. The summed E-state index contributed by atoms with van der Waals surface area (Å²) in [5.41, 5.74) is 6.22. The van der Waals surface area contributed by atoms with Crippen molar-refractivity contribution in [3.63, 3.8) is 0 Å². The highest BCUT2D eigenvalue weighted by atomic mass is 14.9. The van der Waals surface area contributed by atoms with Gasteiger partial charge in [0.1, 0.15) is 12.2 Å². The fourth-order valence-corrected chi connectivity index (χ4v) is 4.15. The highest BCUT2D eigenvalue weighted by molar-refractivity contribution is 5.14. The Kier molecular flexibility index (Phi) is 30.3. The quantitative estimate of drug-likeness (QED) is 0.165. The highest BCUT2D eigenvalue weighted by Gasteiger charge is 1.99. The summed E-state index contributed by atoms with van der Waals surface area (Å²) in [7, 11) is 0. The molecule has 0 radical (unpaired) electrons. The lowest BCUT2D eigenvalue weighted by atomic mass is 10.1. The lowest BCUT2D eigenvalue weighted by Crippen LogP contribution is -1.93. The van der Waals surface area contributed by atoms with E-state index in [2.05, 4.69) is 135 Å². The minimum Gasteiger partial charge on any atom is -0.265 e. The van der Waals surface area contributed by atoms with Gasteiger partial charge in [-0.25, -0.2) is 19.9 Å². The van der Waals surface area contributed by atoms with Gasteiger partial charge >= 0.3 is 0 Å². The van der Waals surface area contributed by atoms with E-state index in [9.17, 15) is 0 Å². The smallest absolute Gasteiger partial charge is 0.130 e. The largest absolute Gasteiger partial charge is 0.265 e. The topological polar surface area (TPSA) is 103 Å². The summed E-state index contributed by atoms with van der Waals surface area (Å²) in [4.78, 5) is 32.1. The molecule has 0 fully saturated rings. The number of nitrogens with zero attached hydrogens (tertiary/aromatic N) is 8. The fourth-order valence-electron chi connectivity index (χ4n) is 4.15. The van der Waals surface area contributed by atoms with Crippen LogP contribution in [0.4, 0.5) is 0 Å². The molecule has 6 rings (SSSR count). The van der Waals surface area contributed by atoms with Crippen molar-refractivity contribution in [3.8, 4) is 0 Å². The molecular formula is C48H72N8. The molecule has 0 saturated heterocycles. The van der Waals surface area contributed by atoms with Crippen LogP contribution in [-0.2, 0) is 0 Å². The van der Waals surface area contributed by atoms with Crippen molar-refractivity contribution < 1.29 is 0 Å². The first kappa shape index (κ1) is 52.9. The van der Waals surface area contributed by atoms with Gasteiger partial charge in [0.2, 0.25) is 0 Å². The molecular weight excluding hydrogens is 689 g/mol. The Balaban J connectivity index is 0. The molecule has 8 heteroatoms. The Morgan fingerprint density at radius 1 is 0.321 bits per heavy atom. The molecule has 8 nitrogen and oxygen atoms in total. The molecule has 0 amide bonds. The molecule has 0 N–H and O–H groups in total. The van der Waals surface area contributed by atoms with Crippen LogP contribution in [0.2, 0.25) is 0 Å². The number of hydrogen-bond donors (Lipinski definition) is 0. The predicted octanol–water partition coefficient (Wildman–Crippen LogP) is 13.3. The number of aromatic nitrogens is 8. The molecule has 0 saturated carbocycles. The minimum absolute atomic E-state index is 0. The van der Waals surface area contributed by atoms with Crippen LogP contribution < -0.4 is 0 Å². The van der Waals surface area contributed by atoms with E-state index in [4.69, 9.17) is 0 Å². The Hall–Kier alpha value is -5.24. The fraction of sp³-hybridized carbons (Fsp3) is 0.417. The number of pyridine rings is 4. The van der Waals surface area contributed by atoms with Gasteiger partial charge in [-0.1, -0.05) is 116 Å². The van der Waals surface area contributed by atoms with Gasteiger partial charge < -0.3 is 0 Å². The second-order valence-electron chi connectivity index (χ2n) is 14.3. The third-order valence-corrected chi connectivity index (χ3v) is 7.65. The van der Waals surface area contributed by atoms with E-state index in [0.717, 1.165) is 17.2 Å². The summed E-state index contributed by atoms with van der Waals surface area (Å²) in [5.74, 6) is 4.22. The summed E-state index contributed by atoms with van der Waals surface area (Å²) in [6.07, 6.45) is 19.8. The summed E-state index contributed by atoms with van der Waals surface area (Å²) in [6, 6.07) is 22.0. The molecule has 0 aliphatic carbocycles. The van der Waals surface area contributed by atoms with Gasteiger partial charge in [-0.3, -0.25) is 19.9 Å². The van der Waals surface area contributed by atoms with Gasteiger partial charge in [-0.2, -0.15) is 0 Å². The molecule has 6 heterocycles. The van der Waals surface area contributed by atoms with Crippen LogP contribution in [0, 0.1) is 0 Å². The van der Waals surface area contributed by atoms with Crippen molar-refractivity contribution in [3.05, 3.63) is 169 Å². The summed E-state index contributed by atoms with van der Waals surface area (Å²) < 4.78 is 0. The maximum Gasteiger partial charge on any atom is 0.130 e. The lowest BCUT2D eigenvalue weighted by molar-refractivity contribution is 0.774. The molecule has 0 aromatic carbocycles. The first-order valence-electron chi connectivity index (χ1n) is 19.0. The standard InChI is InChI=1S/4C8H11N.2C7H10N2.2CH4/c1-7(2)8-3-5-9-6-4-8;2*1-7(2)8-4-3-5-9-6-8;1-7(2)8-5-3-4-6-9-8;1-6(2)7-3-4-8-5-9-7;1-6(2)7-8-4-3-5-9-7;;/h4*3-7H,1-2H3;2*3-6H,1-2H3;2*1H4. The van der Waals surface area contributed by atoms with E-state index in [1.54, 1.807) is 37.3 Å². The lowest BCUT2D eigenvalue weighted by Gasteiger charge is -2.01. The van der Waals surface area contributed by atoms with E-state index in [-0.39, 0.29) is 14.9 Å². The van der Waals surface area contributed by atoms with Crippen molar-refractivity contribution in [2.75, 3.05) is 0 Å². The SMILES string of the molecule is C.C.CC(C)c1ccccn1.CC(C)c1cccnc1.CC(C)c1cccnc1.CC(C)c1ccncc1.CC(C)c1ccncn1.CC(C)c1ncccn1. The van der Waals surface area contributed by atoms with Crippen LogP contribution in [0.1, 0.15) is 167 Å². The number of rotatable bonds is 6. The van der Waals surface area contributed by atoms with Gasteiger partial charge in [-0.05, 0) is 94.8 Å². The molecule has 304 valence electrons. The Bertz CT molecular complexity index is 1350. The molecule has 6 aromatic heterocycles. The summed E-state index contributed by atoms with van der Waals surface area (Å²) in [6.45, 7) is 25.7. The van der Waals surface area contributed by atoms with Crippen molar-refractivity contribution in [1.29, 1.82) is 0 Å². The molecule has 0 bridgehead atoms. The van der Waals surface area contributed by atoms with Crippen molar-refractivity contribution >= 4 is 0 Å². The molecule has 0 aliphatic heterocycles. The van der Waals surface area contributed by atoms with Crippen molar-refractivity contribution in [1.82, 2.24) is 39.9 Å². The summed E-state index contributed by atoms with van der Waals surface area (Å²) >= 11 is 0. The minimum atomic E-state index is 0. The van der Waals surface area contributed by atoms with Gasteiger partial charge in [0, 0.05) is 79.3 Å². The average molecular weight is 761 g/mol. The van der Waals surface area contributed by atoms with Crippen LogP contribution in [-0.4, -0.2) is 39.9 Å². The monoisotopic (exact) mass is 761 g/mol. The Morgan fingerprint density at radius 3 is 1.05 bits per heavy atom. The first-order chi connectivity index (χ1) is 25.8. The van der Waals surface area contributed by atoms with Crippen LogP contribution in [0.25, 0.3) is 0 Å². The maximum atomic E-state index is 4.18. The zero-order chi connectivity index (χ0) is 40.1. The Morgan fingerprint density at radius 2 is 0.786 bits per heavy atom. The third-order valence-electron chi connectivity index (χ3n) is 7.65. The van der Waals surface area contributed by atoms with Gasteiger partial charge in [0.15, 0.2) is 0 Å². The third kappa shape index (κ3) is 25.0. The molecule has 6 aromatic rings. The van der Waals surface area contributed by atoms with Crippen LogP contribution in [0.15, 0.2) is 135 Å². The number of hydrogen-bond acceptors (Lipinski definition) is 8. The Labute approximate surface area is 341 Å². The molecule has 0 aliphatic rings. The predicted molar refractivity (Wildman–Crippen MR) is 239 cm³/mol. The zero-order valence-electron chi connectivity index (χ0n) is 34.7.